The highest BCUT2D eigenvalue weighted by Crippen LogP contribution is 2.29. The molecular formula is C14H24N2O8. The molecule has 0 aliphatic heterocycles. The van der Waals surface area contributed by atoms with Crippen LogP contribution in [0.4, 0.5) is 0 Å². The van der Waals surface area contributed by atoms with Crippen molar-refractivity contribution in [2.24, 2.45) is 11.7 Å². The molecule has 0 amide bonds. The second kappa shape index (κ2) is 11.4. The maximum atomic E-state index is 11.4. The van der Waals surface area contributed by atoms with Crippen LogP contribution in [-0.2, 0) is 19.2 Å². The first-order valence-electron chi connectivity index (χ1n) is 7.51. The monoisotopic (exact) mass is 348 g/mol. The van der Waals surface area contributed by atoms with E-state index in [1.807, 2.05) is 0 Å². The fourth-order valence-electron chi connectivity index (χ4n) is 2.71. The van der Waals surface area contributed by atoms with Crippen LogP contribution in [-0.4, -0.2) is 74.9 Å². The molecule has 0 aromatic carbocycles. The first-order valence-corrected chi connectivity index (χ1v) is 7.51. The summed E-state index contributed by atoms with van der Waals surface area (Å²) in [5.41, 5.74) is 4.57. The summed E-state index contributed by atoms with van der Waals surface area (Å²) < 4.78 is 0. The third-order valence-electron chi connectivity index (χ3n) is 3.59. The van der Waals surface area contributed by atoms with Crippen molar-refractivity contribution in [1.29, 1.82) is 0 Å². The van der Waals surface area contributed by atoms with E-state index in [1.54, 1.807) is 0 Å². The van der Waals surface area contributed by atoms with E-state index in [4.69, 9.17) is 15.3 Å². The van der Waals surface area contributed by atoms with Gasteiger partial charge in [-0.15, -0.1) is 0 Å². The van der Waals surface area contributed by atoms with Crippen LogP contribution < -0.4 is 5.73 Å². The van der Waals surface area contributed by atoms with Crippen LogP contribution in [0.1, 0.15) is 32.1 Å². The fraction of sp³-hybridized carbons (Fsp3) is 0.714. The van der Waals surface area contributed by atoms with Crippen LogP contribution in [0, 0.1) is 5.92 Å². The van der Waals surface area contributed by atoms with Gasteiger partial charge >= 0.3 is 23.9 Å². The first kappa shape index (κ1) is 21.8. The standard InChI is InChI=1S/C12H19NO6.C2H5NO2/c14-9(15)6-13(7-10(16)17)11(12(18)19)8-4-2-1-3-5-8;3-1-2(4)5/h8,11H,1-7H2,(H,14,15)(H,16,17)(H,18,19);1,3H2,(H,4,5). The minimum atomic E-state index is -1.22. The number of rotatable bonds is 8. The Hall–Kier alpha value is -2.20. The Morgan fingerprint density at radius 2 is 1.29 bits per heavy atom. The third-order valence-corrected chi connectivity index (χ3v) is 3.59. The van der Waals surface area contributed by atoms with E-state index in [2.05, 4.69) is 5.73 Å². The number of nitrogens with two attached hydrogens (primary N) is 1. The lowest BCUT2D eigenvalue weighted by atomic mass is 9.83. The molecule has 0 aromatic rings. The largest absolute Gasteiger partial charge is 0.480 e. The molecule has 1 atom stereocenters. The zero-order chi connectivity index (χ0) is 18.7. The summed E-state index contributed by atoms with van der Waals surface area (Å²) >= 11 is 0. The van der Waals surface area contributed by atoms with Crippen molar-refractivity contribution in [2.45, 2.75) is 38.1 Å². The van der Waals surface area contributed by atoms with E-state index in [-0.39, 0.29) is 12.5 Å². The van der Waals surface area contributed by atoms with Crippen LogP contribution in [0.15, 0.2) is 0 Å². The second-order valence-corrected chi connectivity index (χ2v) is 5.47. The molecule has 1 aliphatic carbocycles. The maximum Gasteiger partial charge on any atom is 0.321 e. The summed E-state index contributed by atoms with van der Waals surface area (Å²) in [6, 6.07) is -1.03. The Morgan fingerprint density at radius 3 is 1.58 bits per heavy atom. The van der Waals surface area contributed by atoms with Gasteiger partial charge in [0.15, 0.2) is 0 Å². The Bertz CT molecular complexity index is 432. The van der Waals surface area contributed by atoms with Gasteiger partial charge in [-0.3, -0.25) is 24.1 Å². The lowest BCUT2D eigenvalue weighted by molar-refractivity contribution is -0.152. The molecule has 0 heterocycles. The van der Waals surface area contributed by atoms with Crippen LogP contribution >= 0.6 is 0 Å². The molecular weight excluding hydrogens is 324 g/mol. The van der Waals surface area contributed by atoms with Crippen molar-refractivity contribution in [1.82, 2.24) is 4.90 Å². The summed E-state index contributed by atoms with van der Waals surface area (Å²) in [5.74, 6) is -4.73. The van der Waals surface area contributed by atoms with Crippen LogP contribution in [0.2, 0.25) is 0 Å². The zero-order valence-electron chi connectivity index (χ0n) is 13.3. The summed E-state index contributed by atoms with van der Waals surface area (Å²) in [4.78, 5) is 43.2. The van der Waals surface area contributed by atoms with Gasteiger partial charge in [-0.05, 0) is 18.8 Å². The molecule has 1 fully saturated rings. The fourth-order valence-corrected chi connectivity index (χ4v) is 2.71. The summed E-state index contributed by atoms with van der Waals surface area (Å²) in [7, 11) is 0. The van der Waals surface area contributed by atoms with Crippen molar-refractivity contribution in [2.75, 3.05) is 19.6 Å². The van der Waals surface area contributed by atoms with Crippen molar-refractivity contribution in [3.63, 3.8) is 0 Å². The van der Waals surface area contributed by atoms with Crippen LogP contribution in [0.5, 0.6) is 0 Å². The molecule has 10 nitrogen and oxygen atoms in total. The van der Waals surface area contributed by atoms with Gasteiger partial charge in [0, 0.05) is 0 Å². The number of carboxylic acid groups (broad SMARTS) is 4. The van der Waals surface area contributed by atoms with Crippen LogP contribution in [0.3, 0.4) is 0 Å². The molecule has 138 valence electrons. The molecule has 0 aromatic heterocycles. The smallest absolute Gasteiger partial charge is 0.321 e. The quantitative estimate of drug-likeness (QED) is 0.384. The summed E-state index contributed by atoms with van der Waals surface area (Å²) in [6.07, 6.45) is 4.25. The molecule has 0 radical (unpaired) electrons. The van der Waals surface area contributed by atoms with Gasteiger partial charge < -0.3 is 26.2 Å². The maximum absolute atomic E-state index is 11.4. The summed E-state index contributed by atoms with van der Waals surface area (Å²) in [5, 5.41) is 34.5. The number of nitrogens with zero attached hydrogens (tertiary/aromatic N) is 1. The Kier molecular flexibility index (Phi) is 10.3. The van der Waals surface area contributed by atoms with E-state index in [0.29, 0.717) is 12.8 Å². The van der Waals surface area contributed by atoms with Crippen molar-refractivity contribution in [3.05, 3.63) is 0 Å². The van der Waals surface area contributed by atoms with E-state index in [9.17, 15) is 24.3 Å². The van der Waals surface area contributed by atoms with Crippen molar-refractivity contribution < 1.29 is 39.6 Å². The van der Waals surface area contributed by atoms with Gasteiger partial charge in [0.25, 0.3) is 0 Å². The average molecular weight is 348 g/mol. The van der Waals surface area contributed by atoms with Gasteiger partial charge in [-0.2, -0.15) is 0 Å². The Morgan fingerprint density at radius 1 is 0.875 bits per heavy atom. The molecule has 10 heteroatoms. The first-order chi connectivity index (χ1) is 11.2. The van der Waals surface area contributed by atoms with Gasteiger partial charge in [0.1, 0.15) is 6.04 Å². The minimum absolute atomic E-state index is 0.176. The van der Waals surface area contributed by atoms with Gasteiger partial charge in [0.2, 0.25) is 0 Å². The highest BCUT2D eigenvalue weighted by molar-refractivity contribution is 5.78. The van der Waals surface area contributed by atoms with E-state index < -0.39 is 43.0 Å². The predicted molar refractivity (Wildman–Crippen MR) is 81.5 cm³/mol. The predicted octanol–water partition coefficient (Wildman–Crippen LogP) is -0.479. The number of aliphatic carboxylic acids is 4. The molecule has 0 bridgehead atoms. The molecule has 24 heavy (non-hydrogen) atoms. The van der Waals surface area contributed by atoms with E-state index in [0.717, 1.165) is 24.2 Å². The second-order valence-electron chi connectivity index (χ2n) is 5.47. The van der Waals surface area contributed by atoms with E-state index in [1.165, 1.54) is 0 Å². The van der Waals surface area contributed by atoms with Gasteiger partial charge in [-0.25, -0.2) is 0 Å². The number of hydrogen-bond donors (Lipinski definition) is 5. The lowest BCUT2D eigenvalue weighted by Crippen LogP contribution is -2.50. The average Bonchev–Trinajstić information content (AvgIpc) is 2.47. The van der Waals surface area contributed by atoms with Crippen molar-refractivity contribution in [3.8, 4) is 0 Å². The number of carbonyl (C=O) groups is 4. The molecule has 1 saturated carbocycles. The zero-order valence-corrected chi connectivity index (χ0v) is 13.3. The molecule has 1 unspecified atom stereocenters. The molecule has 0 spiro atoms. The normalized spacial score (nSPS) is 15.9. The molecule has 0 saturated heterocycles. The highest BCUT2D eigenvalue weighted by Gasteiger charge is 2.36. The topological polar surface area (TPSA) is 178 Å². The summed E-state index contributed by atoms with van der Waals surface area (Å²) in [6.45, 7) is -1.42. The minimum Gasteiger partial charge on any atom is -0.480 e. The van der Waals surface area contributed by atoms with Crippen LogP contribution in [0.25, 0.3) is 0 Å². The lowest BCUT2D eigenvalue weighted by Gasteiger charge is -2.34. The molecule has 6 N–H and O–H groups in total. The van der Waals surface area contributed by atoms with Gasteiger partial charge in [0.05, 0.1) is 19.6 Å². The SMILES string of the molecule is NCC(=O)O.O=C(O)CN(CC(=O)O)C(C(=O)O)C1CCCCC1. The molecule has 1 aliphatic rings. The van der Waals surface area contributed by atoms with Crippen molar-refractivity contribution >= 4 is 23.9 Å². The van der Waals surface area contributed by atoms with Gasteiger partial charge in [-0.1, -0.05) is 19.3 Å². The number of hydrogen-bond acceptors (Lipinski definition) is 6. The number of carboxylic acids is 4. The molecule has 1 rings (SSSR count). The van der Waals surface area contributed by atoms with E-state index >= 15 is 0 Å². The Labute approximate surface area is 138 Å². The third kappa shape index (κ3) is 9.06. The highest BCUT2D eigenvalue weighted by atomic mass is 16.4. The Balaban J connectivity index is 0.000000922.